The van der Waals surface area contributed by atoms with Crippen LogP contribution in [0.15, 0.2) is 46.0 Å². The molecule has 3 aromatic rings. The van der Waals surface area contributed by atoms with Crippen LogP contribution in [-0.4, -0.2) is 74.3 Å². The molecule has 1 saturated heterocycles. The number of likely N-dealkylation sites (tertiary alicyclic amines) is 1. The van der Waals surface area contributed by atoms with Crippen LogP contribution in [0.1, 0.15) is 68.1 Å². The van der Waals surface area contributed by atoms with Crippen molar-refractivity contribution < 1.29 is 28.2 Å². The number of carbonyl (C=O) groups excluding carboxylic acids is 2. The van der Waals surface area contributed by atoms with Gasteiger partial charge in [0.05, 0.1) is 38.2 Å². The van der Waals surface area contributed by atoms with E-state index in [1.54, 1.807) is 32.1 Å². The van der Waals surface area contributed by atoms with E-state index in [1.807, 2.05) is 37.4 Å². The minimum atomic E-state index is -0.179. The molecule has 1 amide bonds. The van der Waals surface area contributed by atoms with Gasteiger partial charge in [-0.05, 0) is 56.0 Å². The molecule has 1 aromatic carbocycles. The number of furan rings is 1. The standard InChI is InChI=1S/C33H44N4O6S/c1-8-42-31(39)23-14-17-37(18-15-23)30(38)26-12-10-24(43-26)21-44-32-34-28(33(2,3)4)20-29(35-32)36(5)16-13-22-9-11-25(40-6)27(19-22)41-7/h9-12,19-20,23H,8,13-18,21H2,1-7H3. The smallest absolute Gasteiger partial charge is 0.309 e. The molecular weight excluding hydrogens is 580 g/mol. The number of hydrogen-bond donors (Lipinski definition) is 0. The van der Waals surface area contributed by atoms with Crippen molar-refractivity contribution in [2.75, 3.05) is 52.4 Å². The first-order valence-corrected chi connectivity index (χ1v) is 16.0. The van der Waals surface area contributed by atoms with Gasteiger partial charge in [0.15, 0.2) is 22.4 Å². The van der Waals surface area contributed by atoms with E-state index in [9.17, 15) is 9.59 Å². The summed E-state index contributed by atoms with van der Waals surface area (Å²) in [4.78, 5) is 38.7. The Morgan fingerprint density at radius 1 is 1.05 bits per heavy atom. The molecule has 1 fully saturated rings. The molecule has 0 saturated carbocycles. The average Bonchev–Trinajstić information content (AvgIpc) is 3.51. The molecule has 0 bridgehead atoms. The molecule has 3 heterocycles. The molecule has 0 spiro atoms. The number of hydrogen-bond acceptors (Lipinski definition) is 10. The Bertz CT molecular complexity index is 1430. The van der Waals surface area contributed by atoms with E-state index in [-0.39, 0.29) is 23.2 Å². The van der Waals surface area contributed by atoms with Crippen LogP contribution in [0.4, 0.5) is 5.82 Å². The molecule has 0 N–H and O–H groups in total. The van der Waals surface area contributed by atoms with Crippen molar-refractivity contribution >= 4 is 29.5 Å². The lowest BCUT2D eigenvalue weighted by Gasteiger charge is -2.30. The third-order valence-electron chi connectivity index (χ3n) is 7.65. The van der Waals surface area contributed by atoms with Gasteiger partial charge in [0.1, 0.15) is 11.6 Å². The third-order valence-corrected chi connectivity index (χ3v) is 8.52. The van der Waals surface area contributed by atoms with Crippen molar-refractivity contribution in [3.8, 4) is 11.5 Å². The fraction of sp³-hybridized carbons (Fsp3) is 0.515. The van der Waals surface area contributed by atoms with E-state index in [0.717, 1.165) is 30.0 Å². The van der Waals surface area contributed by atoms with Crippen LogP contribution in [0.25, 0.3) is 0 Å². The molecule has 0 unspecified atom stereocenters. The zero-order valence-electron chi connectivity index (χ0n) is 26.8. The fourth-order valence-electron chi connectivity index (χ4n) is 4.95. The van der Waals surface area contributed by atoms with E-state index in [2.05, 4.69) is 25.7 Å². The van der Waals surface area contributed by atoms with Gasteiger partial charge in [-0.15, -0.1) is 0 Å². The maximum atomic E-state index is 13.1. The highest BCUT2D eigenvalue weighted by molar-refractivity contribution is 7.98. The molecule has 238 valence electrons. The number of methoxy groups -OCH3 is 2. The molecule has 44 heavy (non-hydrogen) atoms. The Labute approximate surface area is 264 Å². The highest BCUT2D eigenvalue weighted by atomic mass is 32.2. The van der Waals surface area contributed by atoms with Crippen LogP contribution in [0.5, 0.6) is 11.5 Å². The number of ether oxygens (including phenoxy) is 3. The summed E-state index contributed by atoms with van der Waals surface area (Å²) in [6.07, 6.45) is 2.00. The predicted octanol–water partition coefficient (Wildman–Crippen LogP) is 5.77. The molecule has 10 nitrogen and oxygen atoms in total. The minimum Gasteiger partial charge on any atom is -0.493 e. The Kier molecular flexibility index (Phi) is 11.2. The van der Waals surface area contributed by atoms with Crippen molar-refractivity contribution in [1.82, 2.24) is 14.9 Å². The molecule has 11 heteroatoms. The van der Waals surface area contributed by atoms with Crippen LogP contribution in [0, 0.1) is 5.92 Å². The van der Waals surface area contributed by atoms with Crippen molar-refractivity contribution in [3.63, 3.8) is 0 Å². The number of benzene rings is 1. The van der Waals surface area contributed by atoms with E-state index >= 15 is 0 Å². The quantitative estimate of drug-likeness (QED) is 0.140. The Hall–Kier alpha value is -3.73. The summed E-state index contributed by atoms with van der Waals surface area (Å²) < 4.78 is 21.9. The van der Waals surface area contributed by atoms with E-state index < -0.39 is 0 Å². The first-order chi connectivity index (χ1) is 21.0. The number of piperidine rings is 1. The van der Waals surface area contributed by atoms with Crippen LogP contribution in [0.3, 0.4) is 0 Å². The van der Waals surface area contributed by atoms with Crippen LogP contribution >= 0.6 is 11.8 Å². The summed E-state index contributed by atoms with van der Waals surface area (Å²) >= 11 is 1.48. The molecular formula is C33H44N4O6S. The predicted molar refractivity (Wildman–Crippen MR) is 171 cm³/mol. The van der Waals surface area contributed by atoms with E-state index in [4.69, 9.17) is 28.6 Å². The van der Waals surface area contributed by atoms with Gasteiger partial charge in [0, 0.05) is 38.2 Å². The lowest BCUT2D eigenvalue weighted by molar-refractivity contribution is -0.149. The van der Waals surface area contributed by atoms with Gasteiger partial charge in [-0.3, -0.25) is 9.59 Å². The highest BCUT2D eigenvalue weighted by Gasteiger charge is 2.30. The largest absolute Gasteiger partial charge is 0.493 e. The Morgan fingerprint density at radius 3 is 2.43 bits per heavy atom. The van der Waals surface area contributed by atoms with E-state index in [1.165, 1.54) is 11.8 Å². The lowest BCUT2D eigenvalue weighted by Crippen LogP contribution is -2.40. The number of rotatable bonds is 12. The number of anilines is 1. The van der Waals surface area contributed by atoms with Gasteiger partial charge in [-0.1, -0.05) is 38.6 Å². The van der Waals surface area contributed by atoms with E-state index in [0.29, 0.717) is 66.5 Å². The van der Waals surface area contributed by atoms with Crippen molar-refractivity contribution in [2.45, 2.75) is 63.3 Å². The number of amides is 1. The average molecular weight is 625 g/mol. The van der Waals surface area contributed by atoms with Gasteiger partial charge in [0.25, 0.3) is 5.91 Å². The number of aromatic nitrogens is 2. The summed E-state index contributed by atoms with van der Waals surface area (Å²) in [7, 11) is 5.30. The maximum Gasteiger partial charge on any atom is 0.309 e. The fourth-order valence-corrected chi connectivity index (χ4v) is 5.69. The summed E-state index contributed by atoms with van der Waals surface area (Å²) in [5.74, 6) is 3.24. The number of nitrogens with zero attached hydrogens (tertiary/aromatic N) is 4. The van der Waals surface area contributed by atoms with Crippen LogP contribution in [-0.2, 0) is 27.1 Å². The summed E-state index contributed by atoms with van der Waals surface area (Å²) in [5.41, 5.74) is 1.92. The Balaban J connectivity index is 1.39. The minimum absolute atomic E-state index is 0.152. The molecule has 0 radical (unpaired) electrons. The SMILES string of the molecule is CCOC(=O)C1CCN(C(=O)c2ccc(CSc3nc(N(C)CCc4ccc(OC)c(OC)c4)cc(C(C)(C)C)n3)o2)CC1. The summed E-state index contributed by atoms with van der Waals surface area (Å²) in [6, 6.07) is 11.6. The first-order valence-electron chi connectivity index (χ1n) is 15.0. The molecule has 2 aromatic heterocycles. The zero-order chi connectivity index (χ0) is 31.9. The number of thioether (sulfide) groups is 1. The van der Waals surface area contributed by atoms with Gasteiger partial charge in [0.2, 0.25) is 0 Å². The van der Waals surface area contributed by atoms with Gasteiger partial charge >= 0.3 is 5.97 Å². The number of likely N-dealkylation sites (N-methyl/N-ethyl adjacent to an activating group) is 1. The molecule has 1 aliphatic heterocycles. The summed E-state index contributed by atoms with van der Waals surface area (Å²) in [5, 5.41) is 0.649. The zero-order valence-corrected chi connectivity index (χ0v) is 27.7. The van der Waals surface area contributed by atoms with Gasteiger partial charge < -0.3 is 28.4 Å². The highest BCUT2D eigenvalue weighted by Crippen LogP contribution is 2.30. The lowest BCUT2D eigenvalue weighted by atomic mass is 9.92. The van der Waals surface area contributed by atoms with Crippen molar-refractivity contribution in [1.29, 1.82) is 0 Å². The first kappa shape index (κ1) is 33.2. The summed E-state index contributed by atoms with van der Waals surface area (Å²) in [6.45, 7) is 10.3. The van der Waals surface area contributed by atoms with Crippen LogP contribution < -0.4 is 14.4 Å². The maximum absolute atomic E-state index is 13.1. The second-order valence-corrected chi connectivity index (χ2v) is 12.8. The Morgan fingerprint density at radius 2 is 1.77 bits per heavy atom. The molecule has 0 atom stereocenters. The van der Waals surface area contributed by atoms with Gasteiger partial charge in [-0.25, -0.2) is 9.97 Å². The van der Waals surface area contributed by atoms with Crippen molar-refractivity contribution in [2.24, 2.45) is 5.92 Å². The second kappa shape index (κ2) is 14.8. The second-order valence-electron chi connectivity index (χ2n) is 11.9. The monoisotopic (exact) mass is 624 g/mol. The molecule has 0 aliphatic carbocycles. The van der Waals surface area contributed by atoms with Crippen molar-refractivity contribution in [3.05, 3.63) is 59.2 Å². The number of carbonyl (C=O) groups is 2. The van der Waals surface area contributed by atoms with Gasteiger partial charge in [-0.2, -0.15) is 0 Å². The normalized spacial score (nSPS) is 13.9. The van der Waals surface area contributed by atoms with Crippen LogP contribution in [0.2, 0.25) is 0 Å². The topological polar surface area (TPSA) is 107 Å². The molecule has 4 rings (SSSR count). The third kappa shape index (κ3) is 8.46. The molecule has 1 aliphatic rings. The number of esters is 1.